The maximum atomic E-state index is 13.0. The molecule has 1 aromatic carbocycles. The van der Waals surface area contributed by atoms with Crippen LogP contribution in [0, 0.1) is 11.3 Å². The SMILES string of the molecule is C[C@@H]1CC(C)(C)C[C@]2(C1)NC(=O)N(CC(=O)OCC(=O)NCc1ccccc1Cl)C2=O. The first-order valence-corrected chi connectivity index (χ1v) is 10.7. The van der Waals surface area contributed by atoms with E-state index in [-0.39, 0.29) is 17.9 Å². The molecule has 2 fully saturated rings. The molecule has 0 aromatic heterocycles. The number of rotatable bonds is 6. The lowest BCUT2D eigenvalue weighted by molar-refractivity contribution is -0.151. The van der Waals surface area contributed by atoms with Crippen molar-refractivity contribution in [1.82, 2.24) is 15.5 Å². The molecule has 9 heteroatoms. The van der Waals surface area contributed by atoms with Gasteiger partial charge in [-0.25, -0.2) is 4.79 Å². The van der Waals surface area contributed by atoms with Crippen molar-refractivity contribution in [1.29, 1.82) is 0 Å². The Kier molecular flexibility index (Phi) is 6.59. The number of halogens is 1. The third-order valence-corrected chi connectivity index (χ3v) is 6.08. The van der Waals surface area contributed by atoms with E-state index in [0.717, 1.165) is 16.9 Å². The first-order valence-electron chi connectivity index (χ1n) is 10.3. The Bertz CT molecular complexity index is 903. The summed E-state index contributed by atoms with van der Waals surface area (Å²) in [6.07, 6.45) is 2.02. The van der Waals surface area contributed by atoms with E-state index in [9.17, 15) is 19.2 Å². The van der Waals surface area contributed by atoms with Crippen molar-refractivity contribution in [3.63, 3.8) is 0 Å². The second-order valence-electron chi connectivity index (χ2n) is 9.29. The van der Waals surface area contributed by atoms with Crippen molar-refractivity contribution in [3.8, 4) is 0 Å². The number of urea groups is 1. The van der Waals surface area contributed by atoms with Crippen LogP contribution in [0.5, 0.6) is 0 Å². The highest BCUT2D eigenvalue weighted by Gasteiger charge is 2.56. The zero-order valence-electron chi connectivity index (χ0n) is 18.0. The van der Waals surface area contributed by atoms with Crippen molar-refractivity contribution >= 4 is 35.4 Å². The summed E-state index contributed by atoms with van der Waals surface area (Å²) in [4.78, 5) is 50.5. The molecule has 4 amide bonds. The first-order chi connectivity index (χ1) is 14.5. The van der Waals surface area contributed by atoms with Crippen LogP contribution in [0.1, 0.15) is 45.6 Å². The molecule has 8 nitrogen and oxygen atoms in total. The molecule has 1 saturated carbocycles. The van der Waals surface area contributed by atoms with E-state index in [0.29, 0.717) is 17.9 Å². The maximum absolute atomic E-state index is 13.0. The zero-order chi connectivity index (χ0) is 22.8. The van der Waals surface area contributed by atoms with Gasteiger partial charge in [-0.3, -0.25) is 19.3 Å². The van der Waals surface area contributed by atoms with Gasteiger partial charge in [0, 0.05) is 11.6 Å². The second kappa shape index (κ2) is 8.86. The van der Waals surface area contributed by atoms with Crippen molar-refractivity contribution in [2.75, 3.05) is 13.2 Å². The van der Waals surface area contributed by atoms with Gasteiger partial charge in [0.15, 0.2) is 6.61 Å². The number of carbonyl (C=O) groups is 4. The lowest BCUT2D eigenvalue weighted by atomic mass is 9.64. The van der Waals surface area contributed by atoms with E-state index in [1.54, 1.807) is 24.3 Å². The zero-order valence-corrected chi connectivity index (χ0v) is 18.8. The number of benzene rings is 1. The standard InChI is InChI=1S/C22H28ClN3O5/c1-14-8-21(2,3)13-22(9-14)19(29)26(20(30)25-22)11-18(28)31-12-17(27)24-10-15-6-4-5-7-16(15)23/h4-7,14H,8-13H2,1-3H3,(H,24,27)(H,25,30)/t14-,22+/m1/s1. The highest BCUT2D eigenvalue weighted by atomic mass is 35.5. The van der Waals surface area contributed by atoms with Crippen molar-refractivity contribution in [2.45, 2.75) is 52.1 Å². The predicted octanol–water partition coefficient (Wildman–Crippen LogP) is 2.64. The predicted molar refractivity (Wildman–Crippen MR) is 114 cm³/mol. The lowest BCUT2D eigenvalue weighted by Gasteiger charge is -2.43. The molecule has 1 aliphatic carbocycles. The van der Waals surface area contributed by atoms with Crippen LogP contribution in [0.4, 0.5) is 4.79 Å². The molecule has 1 aliphatic heterocycles. The van der Waals surface area contributed by atoms with Gasteiger partial charge in [-0.2, -0.15) is 0 Å². The summed E-state index contributed by atoms with van der Waals surface area (Å²) in [5.74, 6) is -1.47. The van der Waals surface area contributed by atoms with Gasteiger partial charge in [0.05, 0.1) is 0 Å². The third-order valence-electron chi connectivity index (χ3n) is 5.71. The van der Waals surface area contributed by atoms with E-state index < -0.39 is 42.5 Å². The number of hydrogen-bond donors (Lipinski definition) is 2. The molecule has 2 atom stereocenters. The molecule has 0 bridgehead atoms. The normalized spacial score (nSPS) is 24.8. The minimum absolute atomic E-state index is 0.100. The Balaban J connectivity index is 1.51. The van der Waals surface area contributed by atoms with Crippen LogP contribution in [-0.2, 0) is 25.7 Å². The number of imide groups is 1. The molecule has 0 unspecified atom stereocenters. The molecule has 1 spiro atoms. The van der Waals surface area contributed by atoms with Gasteiger partial charge < -0.3 is 15.4 Å². The minimum Gasteiger partial charge on any atom is -0.454 e. The smallest absolute Gasteiger partial charge is 0.326 e. The van der Waals surface area contributed by atoms with Crippen LogP contribution in [0.2, 0.25) is 5.02 Å². The summed E-state index contributed by atoms with van der Waals surface area (Å²) in [7, 11) is 0. The van der Waals surface area contributed by atoms with E-state index in [2.05, 4.69) is 31.4 Å². The van der Waals surface area contributed by atoms with Crippen LogP contribution in [0.25, 0.3) is 0 Å². The molecule has 2 aliphatic rings. The number of nitrogens with zero attached hydrogens (tertiary/aromatic N) is 1. The summed E-state index contributed by atoms with van der Waals surface area (Å²) >= 11 is 6.03. The van der Waals surface area contributed by atoms with Gasteiger partial charge in [0.25, 0.3) is 11.8 Å². The molecule has 1 heterocycles. The largest absolute Gasteiger partial charge is 0.454 e. The fourth-order valence-electron chi connectivity index (χ4n) is 4.86. The van der Waals surface area contributed by atoms with Crippen LogP contribution in [0.3, 0.4) is 0 Å². The van der Waals surface area contributed by atoms with Crippen molar-refractivity contribution in [2.24, 2.45) is 11.3 Å². The molecular formula is C22H28ClN3O5. The summed E-state index contributed by atoms with van der Waals surface area (Å²) in [5.41, 5.74) is -0.347. The van der Waals surface area contributed by atoms with E-state index >= 15 is 0 Å². The Labute approximate surface area is 186 Å². The van der Waals surface area contributed by atoms with Gasteiger partial charge in [0.2, 0.25) is 0 Å². The number of hydrogen-bond acceptors (Lipinski definition) is 5. The summed E-state index contributed by atoms with van der Waals surface area (Å²) in [6, 6.07) is 6.46. The Morgan fingerprint density at radius 3 is 2.65 bits per heavy atom. The van der Waals surface area contributed by atoms with E-state index in [4.69, 9.17) is 16.3 Å². The summed E-state index contributed by atoms with van der Waals surface area (Å²) in [5, 5.41) is 5.93. The molecule has 2 N–H and O–H groups in total. The van der Waals surface area contributed by atoms with Crippen molar-refractivity contribution in [3.05, 3.63) is 34.9 Å². The first kappa shape index (κ1) is 23.1. The Morgan fingerprint density at radius 1 is 1.26 bits per heavy atom. The number of amides is 4. The van der Waals surface area contributed by atoms with Crippen LogP contribution < -0.4 is 10.6 Å². The topological polar surface area (TPSA) is 105 Å². The van der Waals surface area contributed by atoms with Gasteiger partial charge in [-0.1, -0.05) is 50.6 Å². The fraction of sp³-hybridized carbons (Fsp3) is 0.545. The summed E-state index contributed by atoms with van der Waals surface area (Å²) < 4.78 is 4.96. The second-order valence-corrected chi connectivity index (χ2v) is 9.69. The molecule has 1 saturated heterocycles. The van der Waals surface area contributed by atoms with Crippen molar-refractivity contribution < 1.29 is 23.9 Å². The Hall–Kier alpha value is -2.61. The fourth-order valence-corrected chi connectivity index (χ4v) is 5.06. The molecule has 31 heavy (non-hydrogen) atoms. The average Bonchev–Trinajstić information content (AvgIpc) is 2.87. The van der Waals surface area contributed by atoms with Gasteiger partial charge in [-0.15, -0.1) is 0 Å². The average molecular weight is 450 g/mol. The summed E-state index contributed by atoms with van der Waals surface area (Å²) in [6.45, 7) is 5.35. The van der Waals surface area contributed by atoms with Gasteiger partial charge in [0.1, 0.15) is 12.1 Å². The molecular weight excluding hydrogens is 422 g/mol. The van der Waals surface area contributed by atoms with Gasteiger partial charge in [-0.05, 0) is 42.2 Å². The van der Waals surface area contributed by atoms with E-state index in [1.165, 1.54) is 0 Å². The van der Waals surface area contributed by atoms with Crippen LogP contribution >= 0.6 is 11.6 Å². The molecule has 168 valence electrons. The highest BCUT2D eigenvalue weighted by Crippen LogP contribution is 2.46. The van der Waals surface area contributed by atoms with Crippen LogP contribution in [0.15, 0.2) is 24.3 Å². The van der Waals surface area contributed by atoms with Gasteiger partial charge >= 0.3 is 12.0 Å². The molecule has 3 rings (SSSR count). The number of esters is 1. The molecule has 0 radical (unpaired) electrons. The quantitative estimate of drug-likeness (QED) is 0.513. The minimum atomic E-state index is -0.981. The Morgan fingerprint density at radius 2 is 1.97 bits per heavy atom. The van der Waals surface area contributed by atoms with Crippen LogP contribution in [-0.4, -0.2) is 47.4 Å². The number of ether oxygens (including phenoxy) is 1. The maximum Gasteiger partial charge on any atom is 0.326 e. The number of carbonyl (C=O) groups excluding carboxylic acids is 4. The van der Waals surface area contributed by atoms with E-state index in [1.807, 2.05) is 0 Å². The number of nitrogens with one attached hydrogen (secondary N) is 2. The molecule has 1 aromatic rings. The highest BCUT2D eigenvalue weighted by molar-refractivity contribution is 6.31. The lowest BCUT2D eigenvalue weighted by Crippen LogP contribution is -2.54. The monoisotopic (exact) mass is 449 g/mol. The third kappa shape index (κ3) is 5.36.